The number of hydrogen-bond acceptors (Lipinski definition) is 5. The molecule has 7 nitrogen and oxygen atoms in total. The summed E-state index contributed by atoms with van der Waals surface area (Å²) in [5, 5.41) is 25.1. The first-order valence-electron chi connectivity index (χ1n) is 9.98. The third-order valence-electron chi connectivity index (χ3n) is 5.15. The zero-order chi connectivity index (χ0) is 20.9. The third kappa shape index (κ3) is 5.17. The van der Waals surface area contributed by atoms with Crippen molar-refractivity contribution < 1.29 is 5.11 Å². The molecule has 0 fully saturated rings. The fraction of sp³-hybridized carbons (Fsp3) is 0.273. The van der Waals surface area contributed by atoms with Crippen molar-refractivity contribution in [1.82, 2.24) is 30.2 Å². The Morgan fingerprint density at radius 2 is 1.84 bits per heavy atom. The van der Waals surface area contributed by atoms with E-state index < -0.39 is 0 Å². The quantitative estimate of drug-likeness (QED) is 0.389. The van der Waals surface area contributed by atoms with Crippen LogP contribution in [-0.4, -0.2) is 86.7 Å². The maximum atomic E-state index is 10.1. The van der Waals surface area contributed by atoms with Crippen LogP contribution in [-0.2, 0) is 13.0 Å². The van der Waals surface area contributed by atoms with Crippen LogP contribution in [0.1, 0.15) is 48.5 Å². The molecule has 1 atom stereocenters. The molecule has 2 aromatic carbocycles. The predicted molar refractivity (Wildman–Crippen MR) is 121 cm³/mol. The van der Waals surface area contributed by atoms with Crippen LogP contribution >= 0.6 is 11.6 Å². The van der Waals surface area contributed by atoms with Gasteiger partial charge in [0.25, 0.3) is 0 Å². The summed E-state index contributed by atoms with van der Waals surface area (Å²) in [6.45, 7) is 1.94. The Balaban J connectivity index is 0.00000272. The smallest absolute Gasteiger partial charge is 0.205 e. The maximum absolute atomic E-state index is 10.1. The summed E-state index contributed by atoms with van der Waals surface area (Å²) in [5.74, 6) is 1.36. The summed E-state index contributed by atoms with van der Waals surface area (Å²) in [7, 11) is 0. The normalized spacial score (nSPS) is 11.8. The van der Waals surface area contributed by atoms with E-state index in [1.165, 1.54) is 0 Å². The minimum absolute atomic E-state index is 0. The van der Waals surface area contributed by atoms with Crippen LogP contribution in [0.25, 0.3) is 11.4 Å². The van der Waals surface area contributed by atoms with E-state index in [0.29, 0.717) is 16.7 Å². The average Bonchev–Trinajstić information content (AvgIpc) is 3.42. The van der Waals surface area contributed by atoms with E-state index in [2.05, 4.69) is 49.2 Å². The van der Waals surface area contributed by atoms with E-state index in [4.69, 9.17) is 11.6 Å². The van der Waals surface area contributed by atoms with Crippen molar-refractivity contribution in [2.24, 2.45) is 0 Å². The number of nitrogens with one attached hydrogen (secondary N) is 1. The first-order valence-corrected chi connectivity index (χ1v) is 10.4. The Labute approximate surface area is 228 Å². The van der Waals surface area contributed by atoms with E-state index in [1.54, 1.807) is 0 Å². The standard InChI is InChI=1S/C22H23ClN6O.K/c1-2-3-13-19-24-21(23)18(14-30)29(19)20(15-9-5-4-6-10-15)16-11-7-8-12-17(16)22-25-27-28-26-22;/h4-12,20,30H,2-3,13-14H2,1H3,(H,25,26,27,28);. The van der Waals surface area contributed by atoms with Crippen LogP contribution in [0.4, 0.5) is 0 Å². The minimum Gasteiger partial charge on any atom is -0.390 e. The molecule has 2 N–H and O–H groups in total. The van der Waals surface area contributed by atoms with Gasteiger partial charge in [-0.2, -0.15) is 5.21 Å². The van der Waals surface area contributed by atoms with Crippen molar-refractivity contribution in [3.05, 3.63) is 82.4 Å². The third-order valence-corrected chi connectivity index (χ3v) is 5.46. The van der Waals surface area contributed by atoms with E-state index in [9.17, 15) is 5.11 Å². The van der Waals surface area contributed by atoms with Gasteiger partial charge in [0.1, 0.15) is 5.82 Å². The molecule has 2 aromatic heterocycles. The minimum atomic E-state index is -0.255. The SMILES string of the molecule is CCCCc1nc(Cl)c(CO)n1C(c1ccccc1)c1ccccc1-c1nn[nH]n1.[K]. The second-order valence-electron chi connectivity index (χ2n) is 7.03. The van der Waals surface area contributed by atoms with Crippen LogP contribution in [0.3, 0.4) is 0 Å². The fourth-order valence-electron chi connectivity index (χ4n) is 3.76. The van der Waals surface area contributed by atoms with Gasteiger partial charge in [0.05, 0.1) is 18.3 Å². The number of tetrazole rings is 1. The van der Waals surface area contributed by atoms with Crippen LogP contribution < -0.4 is 0 Å². The van der Waals surface area contributed by atoms with Gasteiger partial charge in [-0.1, -0.05) is 79.5 Å². The first-order chi connectivity index (χ1) is 14.7. The molecule has 0 bridgehead atoms. The molecule has 1 unspecified atom stereocenters. The van der Waals surface area contributed by atoms with Gasteiger partial charge in [-0.05, 0) is 22.8 Å². The zero-order valence-electron chi connectivity index (χ0n) is 17.7. The molecule has 0 aliphatic rings. The Morgan fingerprint density at radius 1 is 1.10 bits per heavy atom. The van der Waals surface area contributed by atoms with Crippen molar-refractivity contribution in [3.8, 4) is 11.4 Å². The number of imidazole rings is 1. The van der Waals surface area contributed by atoms with Crippen molar-refractivity contribution in [1.29, 1.82) is 0 Å². The molecule has 0 saturated heterocycles. The van der Waals surface area contributed by atoms with E-state index in [0.717, 1.165) is 41.8 Å². The molecule has 155 valence electrons. The van der Waals surface area contributed by atoms with E-state index in [-0.39, 0.29) is 64.0 Å². The number of nitrogens with zero attached hydrogens (tertiary/aromatic N) is 5. The number of aliphatic hydroxyl groups is 1. The predicted octanol–water partition coefficient (Wildman–Crippen LogP) is 3.81. The molecular weight excluding hydrogens is 439 g/mol. The van der Waals surface area contributed by atoms with Crippen LogP contribution in [0.15, 0.2) is 54.6 Å². The Bertz CT molecular complexity index is 1100. The molecule has 1 radical (unpaired) electrons. The largest absolute Gasteiger partial charge is 0.390 e. The Kier molecular flexibility index (Phi) is 8.97. The Morgan fingerprint density at radius 3 is 2.52 bits per heavy atom. The molecular formula is C22H23ClKN6O. The number of aromatic amines is 1. The average molecular weight is 462 g/mol. The number of aryl methyl sites for hydroxylation is 1. The summed E-state index contributed by atoms with van der Waals surface area (Å²) < 4.78 is 2.06. The molecule has 0 saturated carbocycles. The molecule has 0 amide bonds. The van der Waals surface area contributed by atoms with Crippen LogP contribution in [0, 0.1) is 0 Å². The van der Waals surface area contributed by atoms with Gasteiger partial charge in [-0.3, -0.25) is 0 Å². The molecule has 31 heavy (non-hydrogen) atoms. The second kappa shape index (κ2) is 11.5. The number of unbranched alkanes of at least 4 members (excludes halogenated alkanes) is 1. The number of halogens is 1. The molecule has 4 aromatic rings. The van der Waals surface area contributed by atoms with Crippen LogP contribution in [0.5, 0.6) is 0 Å². The van der Waals surface area contributed by atoms with Gasteiger partial charge in [0, 0.05) is 63.4 Å². The molecule has 0 aliphatic carbocycles. The van der Waals surface area contributed by atoms with E-state index >= 15 is 0 Å². The summed E-state index contributed by atoms with van der Waals surface area (Å²) in [6.07, 6.45) is 2.78. The number of aliphatic hydroxyl groups excluding tert-OH is 1. The number of H-pyrrole nitrogens is 1. The van der Waals surface area contributed by atoms with E-state index in [1.807, 2.05) is 42.5 Å². The Hall–Kier alpha value is -1.39. The van der Waals surface area contributed by atoms with Crippen LogP contribution in [0.2, 0.25) is 5.15 Å². The molecule has 2 heterocycles. The maximum Gasteiger partial charge on any atom is 0.205 e. The molecule has 4 rings (SSSR count). The van der Waals surface area contributed by atoms with Crippen molar-refractivity contribution in [2.45, 2.75) is 38.8 Å². The van der Waals surface area contributed by atoms with Crippen molar-refractivity contribution in [2.75, 3.05) is 0 Å². The summed E-state index contributed by atoms with van der Waals surface area (Å²) in [6, 6.07) is 17.8. The second-order valence-corrected chi connectivity index (χ2v) is 7.39. The summed E-state index contributed by atoms with van der Waals surface area (Å²) in [4.78, 5) is 4.60. The summed E-state index contributed by atoms with van der Waals surface area (Å²) in [5.41, 5.74) is 3.48. The topological polar surface area (TPSA) is 92.5 Å². The van der Waals surface area contributed by atoms with Gasteiger partial charge in [-0.15, -0.1) is 10.2 Å². The van der Waals surface area contributed by atoms with Gasteiger partial charge < -0.3 is 9.67 Å². The summed E-state index contributed by atoms with van der Waals surface area (Å²) >= 11 is 6.46. The molecule has 9 heteroatoms. The van der Waals surface area contributed by atoms with Gasteiger partial charge in [0.2, 0.25) is 5.82 Å². The fourth-order valence-corrected chi connectivity index (χ4v) is 4.01. The van der Waals surface area contributed by atoms with Crippen molar-refractivity contribution in [3.63, 3.8) is 0 Å². The molecule has 0 aliphatic heterocycles. The van der Waals surface area contributed by atoms with Gasteiger partial charge in [0.15, 0.2) is 5.15 Å². The van der Waals surface area contributed by atoms with Crippen molar-refractivity contribution >= 4 is 63.0 Å². The zero-order valence-corrected chi connectivity index (χ0v) is 21.5. The number of benzene rings is 2. The monoisotopic (exact) mass is 461 g/mol. The number of aromatic nitrogens is 6. The molecule has 0 spiro atoms. The van der Waals surface area contributed by atoms with Gasteiger partial charge in [-0.25, -0.2) is 4.98 Å². The number of rotatable bonds is 8. The first kappa shape index (κ1) is 24.3. The number of hydrogen-bond donors (Lipinski definition) is 2. The van der Waals surface area contributed by atoms with Gasteiger partial charge >= 0.3 is 0 Å².